The van der Waals surface area contributed by atoms with Gasteiger partial charge in [0.15, 0.2) is 0 Å². The van der Waals surface area contributed by atoms with E-state index in [4.69, 9.17) is 4.74 Å². The average Bonchev–Trinajstić information content (AvgIpc) is 1.85. The van der Waals surface area contributed by atoms with E-state index in [0.29, 0.717) is 0 Å². The van der Waals surface area contributed by atoms with Crippen LogP contribution in [0.5, 0.6) is 0 Å². The Morgan fingerprint density at radius 3 is 2.18 bits per heavy atom. The second-order valence-electron chi connectivity index (χ2n) is 4.59. The Morgan fingerprint density at radius 2 is 1.82 bits per heavy atom. The SMILES string of the molecule is CCC(C)COC[Si](C)(C)C. The van der Waals surface area contributed by atoms with Crippen LogP contribution in [0.15, 0.2) is 0 Å². The highest BCUT2D eigenvalue weighted by atomic mass is 28.3. The molecule has 0 aromatic heterocycles. The Bertz CT molecular complexity index is 96.2. The maximum atomic E-state index is 5.61. The van der Waals surface area contributed by atoms with E-state index in [1.807, 2.05) is 0 Å². The highest BCUT2D eigenvalue weighted by molar-refractivity contribution is 6.76. The first-order valence-corrected chi connectivity index (χ1v) is 8.24. The lowest BCUT2D eigenvalue weighted by Gasteiger charge is -2.17. The van der Waals surface area contributed by atoms with Crippen LogP contribution in [0.4, 0.5) is 0 Å². The molecule has 1 nitrogen and oxygen atoms in total. The van der Waals surface area contributed by atoms with E-state index >= 15 is 0 Å². The molecular formula is C9H22OSi. The molecule has 0 aliphatic carbocycles. The third-order valence-electron chi connectivity index (χ3n) is 1.63. The molecule has 2 heteroatoms. The van der Waals surface area contributed by atoms with Crippen LogP contribution < -0.4 is 0 Å². The smallest absolute Gasteiger partial charge is 0.0746 e. The molecule has 1 unspecified atom stereocenters. The van der Waals surface area contributed by atoms with Crippen molar-refractivity contribution >= 4 is 8.07 Å². The molecule has 0 aromatic carbocycles. The Hall–Kier alpha value is 0.177. The van der Waals surface area contributed by atoms with E-state index in [2.05, 4.69) is 33.5 Å². The summed E-state index contributed by atoms with van der Waals surface area (Å²) in [5.74, 6) is 0.728. The van der Waals surface area contributed by atoms with Crippen LogP contribution in [-0.2, 0) is 4.74 Å². The molecule has 0 heterocycles. The van der Waals surface area contributed by atoms with Gasteiger partial charge in [0.1, 0.15) is 0 Å². The second-order valence-corrected chi connectivity index (χ2v) is 10.00. The zero-order valence-corrected chi connectivity index (χ0v) is 9.61. The fraction of sp³-hybridized carbons (Fsp3) is 1.00. The van der Waals surface area contributed by atoms with Gasteiger partial charge in [-0.2, -0.15) is 0 Å². The first-order chi connectivity index (χ1) is 4.95. The fourth-order valence-electron chi connectivity index (χ4n) is 0.684. The van der Waals surface area contributed by atoms with E-state index in [1.165, 1.54) is 6.42 Å². The zero-order valence-electron chi connectivity index (χ0n) is 8.61. The molecule has 0 saturated heterocycles. The summed E-state index contributed by atoms with van der Waals surface area (Å²) in [5.41, 5.74) is 0. The molecule has 0 aliphatic heterocycles. The molecule has 68 valence electrons. The van der Waals surface area contributed by atoms with Crippen LogP contribution in [0.1, 0.15) is 20.3 Å². The monoisotopic (exact) mass is 174 g/mol. The second kappa shape index (κ2) is 4.94. The standard InChI is InChI=1S/C9H22OSi/c1-6-9(2)7-10-8-11(3,4)5/h9H,6-8H2,1-5H3. The van der Waals surface area contributed by atoms with E-state index in [1.54, 1.807) is 0 Å². The number of hydrogen-bond acceptors (Lipinski definition) is 1. The minimum atomic E-state index is -0.959. The summed E-state index contributed by atoms with van der Waals surface area (Å²) in [6.07, 6.45) is 2.24. The Balaban J connectivity index is 3.28. The Labute approximate surface area is 72.2 Å². The third kappa shape index (κ3) is 8.08. The molecule has 0 spiro atoms. The van der Waals surface area contributed by atoms with Crippen LogP contribution in [0.25, 0.3) is 0 Å². The van der Waals surface area contributed by atoms with Crippen molar-refractivity contribution in [2.45, 2.75) is 39.9 Å². The summed E-state index contributed by atoms with van der Waals surface area (Å²) in [6.45, 7) is 12.4. The lowest BCUT2D eigenvalue weighted by atomic mass is 10.1. The van der Waals surface area contributed by atoms with Crippen molar-refractivity contribution in [1.82, 2.24) is 0 Å². The number of rotatable bonds is 5. The van der Waals surface area contributed by atoms with Crippen molar-refractivity contribution in [3.8, 4) is 0 Å². The van der Waals surface area contributed by atoms with Gasteiger partial charge in [-0.15, -0.1) is 0 Å². The third-order valence-corrected chi connectivity index (χ3v) is 2.70. The van der Waals surface area contributed by atoms with E-state index in [-0.39, 0.29) is 0 Å². The van der Waals surface area contributed by atoms with Crippen LogP contribution in [-0.4, -0.2) is 20.9 Å². The minimum Gasteiger partial charge on any atom is -0.384 e. The lowest BCUT2D eigenvalue weighted by molar-refractivity contribution is 0.136. The summed E-state index contributed by atoms with van der Waals surface area (Å²) in [4.78, 5) is 0. The molecule has 0 amide bonds. The summed E-state index contributed by atoms with van der Waals surface area (Å²) in [6, 6.07) is 0. The topological polar surface area (TPSA) is 9.23 Å². The van der Waals surface area contributed by atoms with Crippen LogP contribution >= 0.6 is 0 Å². The van der Waals surface area contributed by atoms with E-state index in [0.717, 1.165) is 18.8 Å². The summed E-state index contributed by atoms with van der Waals surface area (Å²) >= 11 is 0. The molecule has 0 aliphatic rings. The summed E-state index contributed by atoms with van der Waals surface area (Å²) in [7, 11) is -0.959. The fourth-order valence-corrected chi connectivity index (χ4v) is 1.41. The van der Waals surface area contributed by atoms with E-state index in [9.17, 15) is 0 Å². The van der Waals surface area contributed by atoms with Crippen molar-refractivity contribution in [3.63, 3.8) is 0 Å². The van der Waals surface area contributed by atoms with Crippen molar-refractivity contribution in [3.05, 3.63) is 0 Å². The van der Waals surface area contributed by atoms with Gasteiger partial charge in [0.05, 0.1) is 8.07 Å². The maximum Gasteiger partial charge on any atom is 0.0746 e. The van der Waals surface area contributed by atoms with Crippen LogP contribution in [0.2, 0.25) is 19.6 Å². The van der Waals surface area contributed by atoms with Gasteiger partial charge in [-0.25, -0.2) is 0 Å². The van der Waals surface area contributed by atoms with Gasteiger partial charge in [0.25, 0.3) is 0 Å². The molecular weight excluding hydrogens is 152 g/mol. The molecule has 0 aromatic rings. The van der Waals surface area contributed by atoms with Crippen LogP contribution in [0, 0.1) is 5.92 Å². The van der Waals surface area contributed by atoms with Crippen LogP contribution in [0.3, 0.4) is 0 Å². The van der Waals surface area contributed by atoms with Gasteiger partial charge < -0.3 is 4.74 Å². The predicted octanol–water partition coefficient (Wildman–Crippen LogP) is 2.93. The first kappa shape index (κ1) is 11.2. The molecule has 1 atom stereocenters. The lowest BCUT2D eigenvalue weighted by Crippen LogP contribution is -2.29. The maximum absolute atomic E-state index is 5.61. The van der Waals surface area contributed by atoms with Gasteiger partial charge in [-0.1, -0.05) is 39.9 Å². The summed E-state index contributed by atoms with van der Waals surface area (Å²) < 4.78 is 5.61. The van der Waals surface area contributed by atoms with Crippen molar-refractivity contribution < 1.29 is 4.74 Å². The molecule has 0 radical (unpaired) electrons. The number of hydrogen-bond donors (Lipinski definition) is 0. The molecule has 0 N–H and O–H groups in total. The zero-order chi connectivity index (χ0) is 8.91. The van der Waals surface area contributed by atoms with Gasteiger partial charge in [0, 0.05) is 12.8 Å². The van der Waals surface area contributed by atoms with Gasteiger partial charge in [0.2, 0.25) is 0 Å². The first-order valence-electron chi connectivity index (χ1n) is 4.53. The largest absolute Gasteiger partial charge is 0.384 e. The average molecular weight is 174 g/mol. The van der Waals surface area contributed by atoms with Crippen molar-refractivity contribution in [1.29, 1.82) is 0 Å². The molecule has 0 saturated carbocycles. The minimum absolute atomic E-state index is 0.728. The molecule has 0 fully saturated rings. The summed E-state index contributed by atoms with van der Waals surface area (Å²) in [5, 5.41) is 0. The highest BCUT2D eigenvalue weighted by Gasteiger charge is 2.13. The van der Waals surface area contributed by atoms with Crippen molar-refractivity contribution in [2.75, 3.05) is 12.8 Å². The van der Waals surface area contributed by atoms with Crippen molar-refractivity contribution in [2.24, 2.45) is 5.92 Å². The van der Waals surface area contributed by atoms with Gasteiger partial charge in [-0.05, 0) is 5.92 Å². The van der Waals surface area contributed by atoms with Gasteiger partial charge in [-0.3, -0.25) is 0 Å². The highest BCUT2D eigenvalue weighted by Crippen LogP contribution is 2.04. The Kier molecular flexibility index (Phi) is 5.02. The molecule has 0 rings (SSSR count). The van der Waals surface area contributed by atoms with Gasteiger partial charge >= 0.3 is 0 Å². The normalized spacial score (nSPS) is 15.0. The molecule has 0 bridgehead atoms. The molecule has 11 heavy (non-hydrogen) atoms. The number of ether oxygens (including phenoxy) is 1. The quantitative estimate of drug-likeness (QED) is 0.582. The van der Waals surface area contributed by atoms with E-state index < -0.39 is 8.07 Å². The predicted molar refractivity (Wildman–Crippen MR) is 53.6 cm³/mol. The Morgan fingerprint density at radius 1 is 1.27 bits per heavy atom.